The van der Waals surface area contributed by atoms with Crippen LogP contribution in [0.4, 0.5) is 5.69 Å². The van der Waals surface area contributed by atoms with Gasteiger partial charge in [-0.2, -0.15) is 5.10 Å². The summed E-state index contributed by atoms with van der Waals surface area (Å²) in [6, 6.07) is 7.90. The third-order valence-corrected chi connectivity index (χ3v) is 4.29. The van der Waals surface area contributed by atoms with Gasteiger partial charge in [0.2, 0.25) is 0 Å². The fourth-order valence-electron chi connectivity index (χ4n) is 2.91. The summed E-state index contributed by atoms with van der Waals surface area (Å²) in [5, 5.41) is 6.94. The maximum absolute atomic E-state index is 12.2. The second-order valence-electron chi connectivity index (χ2n) is 5.90. The van der Waals surface area contributed by atoms with E-state index in [1.807, 2.05) is 31.3 Å². The smallest absolute Gasteiger partial charge is 0.251 e. The summed E-state index contributed by atoms with van der Waals surface area (Å²) in [5.41, 5.74) is 1.91. The van der Waals surface area contributed by atoms with Gasteiger partial charge in [-0.1, -0.05) is 0 Å². The number of amides is 1. The van der Waals surface area contributed by atoms with E-state index in [1.54, 1.807) is 4.68 Å². The molecule has 1 amide bonds. The van der Waals surface area contributed by atoms with Gasteiger partial charge >= 0.3 is 0 Å². The summed E-state index contributed by atoms with van der Waals surface area (Å²) >= 11 is 0. The van der Waals surface area contributed by atoms with E-state index in [2.05, 4.69) is 20.3 Å². The van der Waals surface area contributed by atoms with Crippen molar-refractivity contribution in [1.82, 2.24) is 20.1 Å². The molecule has 1 fully saturated rings. The van der Waals surface area contributed by atoms with Gasteiger partial charge in [0.25, 0.3) is 5.91 Å². The van der Waals surface area contributed by atoms with Gasteiger partial charge in [0, 0.05) is 44.4 Å². The third-order valence-electron chi connectivity index (χ3n) is 4.29. The van der Waals surface area contributed by atoms with E-state index >= 15 is 0 Å². The molecule has 0 unspecified atom stereocenters. The lowest BCUT2D eigenvalue weighted by Crippen LogP contribution is -2.29. The molecule has 3 rings (SSSR count). The molecule has 0 saturated carbocycles. The third kappa shape index (κ3) is 3.88. The van der Waals surface area contributed by atoms with Crippen LogP contribution >= 0.6 is 0 Å². The fourth-order valence-corrected chi connectivity index (χ4v) is 2.91. The van der Waals surface area contributed by atoms with Crippen molar-refractivity contribution in [1.29, 1.82) is 0 Å². The first kappa shape index (κ1) is 15.5. The minimum absolute atomic E-state index is 0.0441. The van der Waals surface area contributed by atoms with Crippen LogP contribution in [0.2, 0.25) is 0 Å². The van der Waals surface area contributed by atoms with Crippen LogP contribution in [0.5, 0.6) is 0 Å². The fraction of sp³-hybridized carbons (Fsp3) is 0.471. The number of nitrogens with one attached hydrogen (secondary N) is 1. The topological polar surface area (TPSA) is 63.1 Å². The number of aryl methyl sites for hydroxylation is 1. The molecule has 23 heavy (non-hydrogen) atoms. The quantitative estimate of drug-likeness (QED) is 0.914. The van der Waals surface area contributed by atoms with Gasteiger partial charge in [0.05, 0.1) is 0 Å². The number of carbonyl (C=O) groups excluding carboxylic acids is 1. The summed E-state index contributed by atoms with van der Waals surface area (Å²) in [6.07, 6.45) is 6.03. The average molecular weight is 313 g/mol. The Morgan fingerprint density at radius 3 is 2.57 bits per heavy atom. The van der Waals surface area contributed by atoms with Crippen LogP contribution in [0, 0.1) is 0 Å². The lowest BCUT2D eigenvalue weighted by molar-refractivity contribution is 0.0954. The highest BCUT2D eigenvalue weighted by atomic mass is 16.1. The number of hydrogen-bond acceptors (Lipinski definition) is 4. The molecule has 6 nitrogen and oxygen atoms in total. The van der Waals surface area contributed by atoms with E-state index in [9.17, 15) is 4.79 Å². The summed E-state index contributed by atoms with van der Waals surface area (Å²) in [5.74, 6) is 0.822. The summed E-state index contributed by atoms with van der Waals surface area (Å²) < 4.78 is 1.72. The predicted octanol–water partition coefficient (Wildman–Crippen LogP) is 1.78. The minimum atomic E-state index is -0.0441. The molecule has 0 radical (unpaired) electrons. The highest BCUT2D eigenvalue weighted by Gasteiger charge is 2.12. The van der Waals surface area contributed by atoms with Crippen molar-refractivity contribution in [2.45, 2.75) is 25.7 Å². The Labute approximate surface area is 136 Å². The number of benzene rings is 1. The lowest BCUT2D eigenvalue weighted by Gasteiger charge is -2.28. The van der Waals surface area contributed by atoms with Gasteiger partial charge in [0.15, 0.2) is 0 Å². The van der Waals surface area contributed by atoms with Crippen LogP contribution in [0.15, 0.2) is 30.6 Å². The van der Waals surface area contributed by atoms with E-state index in [4.69, 9.17) is 0 Å². The zero-order valence-corrected chi connectivity index (χ0v) is 13.5. The van der Waals surface area contributed by atoms with E-state index in [-0.39, 0.29) is 5.91 Å². The number of anilines is 1. The van der Waals surface area contributed by atoms with Crippen LogP contribution in [0.25, 0.3) is 0 Å². The van der Waals surface area contributed by atoms with Gasteiger partial charge in [-0.25, -0.2) is 4.98 Å². The van der Waals surface area contributed by atoms with Crippen LogP contribution in [-0.2, 0) is 13.5 Å². The molecule has 2 heterocycles. The molecular weight excluding hydrogens is 290 g/mol. The zero-order valence-electron chi connectivity index (χ0n) is 13.5. The van der Waals surface area contributed by atoms with Crippen molar-refractivity contribution in [2.75, 3.05) is 24.5 Å². The Hall–Kier alpha value is -2.37. The van der Waals surface area contributed by atoms with E-state index < -0.39 is 0 Å². The Bertz CT molecular complexity index is 643. The lowest BCUT2D eigenvalue weighted by atomic mass is 10.1. The highest BCUT2D eigenvalue weighted by Crippen LogP contribution is 2.20. The summed E-state index contributed by atoms with van der Waals surface area (Å²) in [6.45, 7) is 2.78. The maximum atomic E-state index is 12.2. The first-order valence-corrected chi connectivity index (χ1v) is 8.20. The van der Waals surface area contributed by atoms with Gasteiger partial charge < -0.3 is 10.2 Å². The number of nitrogens with zero attached hydrogens (tertiary/aromatic N) is 4. The number of rotatable bonds is 5. The van der Waals surface area contributed by atoms with Crippen molar-refractivity contribution in [2.24, 2.45) is 7.05 Å². The van der Waals surface area contributed by atoms with Crippen LogP contribution in [-0.4, -0.2) is 40.3 Å². The number of aromatic nitrogens is 3. The normalized spacial score (nSPS) is 14.7. The van der Waals surface area contributed by atoms with Crippen LogP contribution in [0.1, 0.15) is 35.4 Å². The first-order chi connectivity index (χ1) is 11.2. The Kier molecular flexibility index (Phi) is 4.90. The number of hydrogen-bond donors (Lipinski definition) is 1. The van der Waals surface area contributed by atoms with Crippen LogP contribution < -0.4 is 10.2 Å². The SMILES string of the molecule is Cn1ncnc1CCNC(=O)c1ccc(N2CCCCC2)cc1. The second-order valence-corrected chi connectivity index (χ2v) is 5.90. The molecule has 0 spiro atoms. The van der Waals surface area contributed by atoms with Crippen LogP contribution in [0.3, 0.4) is 0 Å². The molecular formula is C17H23N5O. The van der Waals surface area contributed by atoms with Crippen molar-refractivity contribution in [3.63, 3.8) is 0 Å². The largest absolute Gasteiger partial charge is 0.372 e. The maximum Gasteiger partial charge on any atom is 0.251 e. The minimum Gasteiger partial charge on any atom is -0.372 e. The van der Waals surface area contributed by atoms with E-state index in [1.165, 1.54) is 31.3 Å². The van der Waals surface area contributed by atoms with Crippen molar-refractivity contribution in [3.05, 3.63) is 42.0 Å². The Balaban J connectivity index is 1.52. The van der Waals surface area contributed by atoms with Gasteiger partial charge in [-0.15, -0.1) is 0 Å². The molecule has 122 valence electrons. The Morgan fingerprint density at radius 1 is 1.17 bits per heavy atom. The predicted molar refractivity (Wildman–Crippen MR) is 89.5 cm³/mol. The molecule has 1 aliphatic heterocycles. The van der Waals surface area contributed by atoms with Crippen molar-refractivity contribution < 1.29 is 4.79 Å². The second kappa shape index (κ2) is 7.26. The van der Waals surface area contributed by atoms with E-state index in [0.717, 1.165) is 18.9 Å². The molecule has 2 aromatic rings. The summed E-state index contributed by atoms with van der Waals surface area (Å²) in [4.78, 5) is 18.7. The molecule has 1 aliphatic rings. The number of carbonyl (C=O) groups is 1. The molecule has 1 aromatic heterocycles. The van der Waals surface area contributed by atoms with Gasteiger partial charge in [0.1, 0.15) is 12.2 Å². The summed E-state index contributed by atoms with van der Waals surface area (Å²) in [7, 11) is 1.85. The van der Waals surface area contributed by atoms with Crippen molar-refractivity contribution in [3.8, 4) is 0 Å². The molecule has 1 aromatic carbocycles. The Morgan fingerprint density at radius 2 is 1.91 bits per heavy atom. The monoisotopic (exact) mass is 313 g/mol. The molecule has 0 aliphatic carbocycles. The molecule has 1 N–H and O–H groups in total. The van der Waals surface area contributed by atoms with Gasteiger partial charge in [-0.3, -0.25) is 9.48 Å². The molecule has 1 saturated heterocycles. The van der Waals surface area contributed by atoms with Gasteiger partial charge in [-0.05, 0) is 43.5 Å². The number of piperidine rings is 1. The zero-order chi connectivity index (χ0) is 16.1. The highest BCUT2D eigenvalue weighted by molar-refractivity contribution is 5.94. The molecule has 0 bridgehead atoms. The van der Waals surface area contributed by atoms with Crippen molar-refractivity contribution >= 4 is 11.6 Å². The molecule has 0 atom stereocenters. The standard InChI is InChI=1S/C17H23N5O/c1-21-16(19-13-20-21)9-10-18-17(23)14-5-7-15(8-6-14)22-11-3-2-4-12-22/h5-8,13H,2-4,9-12H2,1H3,(H,18,23). The molecule has 6 heteroatoms. The van der Waals surface area contributed by atoms with E-state index in [0.29, 0.717) is 18.5 Å². The average Bonchev–Trinajstić information content (AvgIpc) is 3.01. The first-order valence-electron chi connectivity index (χ1n) is 8.20.